The van der Waals surface area contributed by atoms with E-state index in [0.29, 0.717) is 25.2 Å². The van der Waals surface area contributed by atoms with Crippen molar-refractivity contribution in [1.29, 1.82) is 0 Å². The Bertz CT molecular complexity index is 936. The highest BCUT2D eigenvalue weighted by Crippen LogP contribution is 2.35. The zero-order chi connectivity index (χ0) is 32.4. The Labute approximate surface area is 256 Å². The zero-order valence-corrected chi connectivity index (χ0v) is 27.4. The van der Waals surface area contributed by atoms with Crippen LogP contribution in [-0.2, 0) is 19.2 Å². The first-order valence-corrected chi connectivity index (χ1v) is 15.9. The fourth-order valence-electron chi connectivity index (χ4n) is 5.27. The van der Waals surface area contributed by atoms with Crippen LogP contribution in [0.2, 0.25) is 0 Å². The molecule has 1 aliphatic carbocycles. The molecular formula is C30H54ClN5O6. The predicted molar refractivity (Wildman–Crippen MR) is 163 cm³/mol. The quantitative estimate of drug-likeness (QED) is 0.157. The average molecular weight is 616 g/mol. The number of hydrogen-bond donors (Lipinski definition) is 5. The van der Waals surface area contributed by atoms with Crippen LogP contribution in [0.5, 0.6) is 0 Å². The first kappa shape index (κ1) is 37.6. The number of ketones is 1. The van der Waals surface area contributed by atoms with Gasteiger partial charge in [-0.3, -0.25) is 19.2 Å². The molecule has 0 spiro atoms. The lowest BCUT2D eigenvalue weighted by Gasteiger charge is -2.33. The maximum Gasteiger partial charge on any atom is 0.315 e. The van der Waals surface area contributed by atoms with Crippen LogP contribution in [0.15, 0.2) is 0 Å². The van der Waals surface area contributed by atoms with E-state index < -0.39 is 59.1 Å². The van der Waals surface area contributed by atoms with Crippen LogP contribution in [0.4, 0.5) is 4.79 Å². The molecule has 2 fully saturated rings. The molecule has 2 aliphatic rings. The Balaban J connectivity index is 0.00000431. The normalized spacial score (nSPS) is 23.3. The summed E-state index contributed by atoms with van der Waals surface area (Å²) in [7, 11) is 0. The third-order valence-electron chi connectivity index (χ3n) is 8.50. The van der Waals surface area contributed by atoms with Crippen molar-refractivity contribution in [3.8, 4) is 0 Å². The second kappa shape index (κ2) is 17.0. The second-order valence-corrected chi connectivity index (χ2v) is 13.0. The topological polar surface area (TPSA) is 171 Å². The predicted octanol–water partition coefficient (Wildman–Crippen LogP) is 3.05. The molecular weight excluding hydrogens is 562 g/mol. The van der Waals surface area contributed by atoms with Gasteiger partial charge in [0.25, 0.3) is 5.91 Å². The number of halogens is 1. The summed E-state index contributed by atoms with van der Waals surface area (Å²) >= 11 is 6.11. The Morgan fingerprint density at radius 1 is 1.02 bits per heavy atom. The van der Waals surface area contributed by atoms with E-state index in [9.17, 15) is 29.1 Å². The molecule has 1 aliphatic heterocycles. The number of nitrogens with zero attached hydrogens (tertiary/aromatic N) is 1. The standard InChI is InChI=1S/C28H48ClN5O6.C2H6/c1-7-9-19(33-27(40)31-16(3)28(4,5)6)26(39)34-14-15(2)20(23(29)36)21(34)25(38)32-18(22(35)24(30)37)13-12-17-10-8-11-17;1-2/h15-21,23,36H,7-14H2,1-6H3,(H2,30,37)(H,32,38)(H2,31,33,40);1-2H3/t15?,16?,18?,19?,20?,21?,23-;/m1./s1. The minimum Gasteiger partial charge on any atom is -0.377 e. The van der Waals surface area contributed by atoms with E-state index in [1.54, 1.807) is 6.92 Å². The number of aliphatic hydroxyl groups excluding tert-OH is 1. The van der Waals surface area contributed by atoms with Crippen molar-refractivity contribution in [3.63, 3.8) is 0 Å². The van der Waals surface area contributed by atoms with Gasteiger partial charge in [0.15, 0.2) is 0 Å². The number of likely N-dealkylation sites (tertiary alicyclic amines) is 1. The molecule has 6 N–H and O–H groups in total. The van der Waals surface area contributed by atoms with E-state index in [2.05, 4.69) is 16.0 Å². The van der Waals surface area contributed by atoms with Crippen LogP contribution in [0.3, 0.4) is 0 Å². The summed E-state index contributed by atoms with van der Waals surface area (Å²) < 4.78 is 0. The number of Topliss-reactive ketones (excluding diaryl/α,β-unsaturated/α-hetero) is 1. The van der Waals surface area contributed by atoms with E-state index in [1.807, 2.05) is 48.5 Å². The zero-order valence-electron chi connectivity index (χ0n) is 26.7. The number of carbonyl (C=O) groups is 5. The number of nitrogens with two attached hydrogens (primary N) is 1. The number of primary amides is 1. The van der Waals surface area contributed by atoms with Crippen LogP contribution < -0.4 is 21.7 Å². The van der Waals surface area contributed by atoms with Crippen molar-refractivity contribution in [2.24, 2.45) is 28.9 Å². The number of urea groups is 1. The minimum absolute atomic E-state index is 0.115. The van der Waals surface area contributed by atoms with Crippen LogP contribution >= 0.6 is 11.6 Å². The summed E-state index contributed by atoms with van der Waals surface area (Å²) in [6.07, 6.45) is 4.98. The van der Waals surface area contributed by atoms with Gasteiger partial charge in [-0.25, -0.2) is 4.79 Å². The lowest BCUT2D eigenvalue weighted by atomic mass is 9.81. The van der Waals surface area contributed by atoms with E-state index in [-0.39, 0.29) is 30.3 Å². The fourth-order valence-corrected chi connectivity index (χ4v) is 5.66. The van der Waals surface area contributed by atoms with Crippen LogP contribution in [0, 0.1) is 23.2 Å². The Kier molecular flexibility index (Phi) is 15.3. The highest BCUT2D eigenvalue weighted by molar-refractivity contribution is 6.37. The summed E-state index contributed by atoms with van der Waals surface area (Å²) in [5.74, 6) is -4.01. The molecule has 5 amide bonds. The monoisotopic (exact) mass is 615 g/mol. The first-order valence-electron chi connectivity index (χ1n) is 15.4. The molecule has 1 saturated carbocycles. The third-order valence-corrected chi connectivity index (χ3v) is 8.79. The van der Waals surface area contributed by atoms with Crippen molar-refractivity contribution in [1.82, 2.24) is 20.9 Å². The lowest BCUT2D eigenvalue weighted by molar-refractivity contribution is -0.143. The Morgan fingerprint density at radius 3 is 2.07 bits per heavy atom. The maximum absolute atomic E-state index is 13.8. The number of rotatable bonds is 13. The first-order chi connectivity index (χ1) is 19.6. The molecule has 0 aromatic carbocycles. The number of alkyl halides is 1. The molecule has 0 aromatic heterocycles. The maximum atomic E-state index is 13.8. The van der Waals surface area contributed by atoms with Crippen LogP contribution in [0.25, 0.3) is 0 Å². The van der Waals surface area contributed by atoms with Crippen molar-refractivity contribution in [3.05, 3.63) is 0 Å². The van der Waals surface area contributed by atoms with Gasteiger partial charge in [0.05, 0.1) is 6.04 Å². The Hall–Kier alpha value is -2.40. The molecule has 0 radical (unpaired) electrons. The molecule has 6 unspecified atom stereocenters. The minimum atomic E-state index is -1.45. The van der Waals surface area contributed by atoms with Gasteiger partial charge in [0.1, 0.15) is 17.6 Å². The molecule has 2 rings (SSSR count). The van der Waals surface area contributed by atoms with Gasteiger partial charge in [0.2, 0.25) is 17.6 Å². The molecule has 11 nitrogen and oxygen atoms in total. The van der Waals surface area contributed by atoms with Crippen LogP contribution in [0.1, 0.15) is 100 Å². The summed E-state index contributed by atoms with van der Waals surface area (Å²) in [4.78, 5) is 65.9. The van der Waals surface area contributed by atoms with E-state index in [4.69, 9.17) is 17.3 Å². The summed E-state index contributed by atoms with van der Waals surface area (Å²) in [6.45, 7) is 15.6. The van der Waals surface area contributed by atoms with Gasteiger partial charge in [-0.2, -0.15) is 0 Å². The molecule has 1 saturated heterocycles. The average Bonchev–Trinajstić information content (AvgIpc) is 3.23. The largest absolute Gasteiger partial charge is 0.377 e. The van der Waals surface area contributed by atoms with Crippen molar-refractivity contribution in [2.75, 3.05) is 6.54 Å². The third kappa shape index (κ3) is 10.4. The molecule has 12 heteroatoms. The Morgan fingerprint density at radius 2 is 1.62 bits per heavy atom. The second-order valence-electron chi connectivity index (χ2n) is 12.6. The van der Waals surface area contributed by atoms with E-state index >= 15 is 0 Å². The molecule has 0 bridgehead atoms. The summed E-state index contributed by atoms with van der Waals surface area (Å²) in [6, 6.07) is -3.95. The number of nitrogens with one attached hydrogen (secondary N) is 3. The molecule has 7 atom stereocenters. The number of aliphatic hydroxyl groups is 1. The number of amides is 5. The van der Waals surface area contributed by atoms with Crippen molar-refractivity contribution >= 4 is 41.1 Å². The fraction of sp³-hybridized carbons (Fsp3) is 0.833. The molecule has 242 valence electrons. The van der Waals surface area contributed by atoms with Gasteiger partial charge >= 0.3 is 6.03 Å². The lowest BCUT2D eigenvalue weighted by Crippen LogP contribution is -2.59. The summed E-state index contributed by atoms with van der Waals surface area (Å²) in [5.41, 5.74) is 3.62. The van der Waals surface area contributed by atoms with Gasteiger partial charge in [0, 0.05) is 18.5 Å². The SMILES string of the molecule is CC.CCCC(NC(=O)NC(C)C(C)(C)C)C(=O)N1CC(C)C([C@@H](O)Cl)C1C(=O)NC(CCC1CCC1)C(=O)C(N)=O. The number of carbonyl (C=O) groups excluding carboxylic acids is 5. The van der Waals surface area contributed by atoms with E-state index in [1.165, 1.54) is 4.90 Å². The van der Waals surface area contributed by atoms with Gasteiger partial charge in [-0.05, 0) is 43.4 Å². The summed E-state index contributed by atoms with van der Waals surface area (Å²) in [5, 5.41) is 18.6. The number of hydrogen-bond acceptors (Lipinski definition) is 6. The molecule has 42 heavy (non-hydrogen) atoms. The van der Waals surface area contributed by atoms with Gasteiger partial charge in [-0.1, -0.05) is 85.8 Å². The van der Waals surface area contributed by atoms with Crippen molar-refractivity contribution < 1.29 is 29.1 Å². The highest BCUT2D eigenvalue weighted by atomic mass is 35.5. The highest BCUT2D eigenvalue weighted by Gasteiger charge is 2.50. The van der Waals surface area contributed by atoms with Gasteiger partial charge in [-0.15, -0.1) is 0 Å². The van der Waals surface area contributed by atoms with Crippen LogP contribution in [-0.4, -0.2) is 75.8 Å². The smallest absolute Gasteiger partial charge is 0.315 e. The molecule has 1 heterocycles. The van der Waals surface area contributed by atoms with Crippen molar-refractivity contribution in [2.45, 2.75) is 130 Å². The van der Waals surface area contributed by atoms with E-state index in [0.717, 1.165) is 19.3 Å². The van der Waals surface area contributed by atoms with Gasteiger partial charge < -0.3 is 31.7 Å². The molecule has 0 aromatic rings.